The van der Waals surface area contributed by atoms with Gasteiger partial charge in [0.2, 0.25) is 0 Å². The van der Waals surface area contributed by atoms with Crippen molar-refractivity contribution in [2.75, 3.05) is 38.1 Å². The number of likely N-dealkylation sites (N-methyl/N-ethyl adjacent to an activating group) is 1. The number of hydrogen-bond donors (Lipinski definition) is 0. The lowest BCUT2D eigenvalue weighted by Gasteiger charge is -2.36. The molecule has 0 amide bonds. The maximum absolute atomic E-state index is 5.78. The fraction of sp³-hybridized carbons (Fsp3) is 0.562. The minimum absolute atomic E-state index is 0.335. The minimum Gasteiger partial charge on any atom is -0.373 e. The summed E-state index contributed by atoms with van der Waals surface area (Å²) in [5, 5.41) is 1.10. The Bertz CT molecular complexity index is 557. The van der Waals surface area contributed by atoms with Gasteiger partial charge in [0.25, 0.3) is 0 Å². The van der Waals surface area contributed by atoms with E-state index >= 15 is 0 Å². The second-order valence-corrected chi connectivity index (χ2v) is 6.91. The largest absolute Gasteiger partial charge is 0.373 e. The number of fused-ring (bicyclic) bond motifs is 1. The number of ether oxygens (including phenoxy) is 1. The molecule has 1 fully saturated rings. The zero-order valence-electron chi connectivity index (χ0n) is 13.0. The number of rotatable bonds is 4. The first-order valence-electron chi connectivity index (χ1n) is 7.56. The van der Waals surface area contributed by atoms with Gasteiger partial charge in [-0.2, -0.15) is 0 Å². The number of hydrogen-bond acceptors (Lipinski definition) is 5. The van der Waals surface area contributed by atoms with Gasteiger partial charge < -0.3 is 9.64 Å². The molecule has 4 nitrogen and oxygen atoms in total. The zero-order valence-corrected chi connectivity index (χ0v) is 13.8. The predicted molar refractivity (Wildman–Crippen MR) is 89.3 cm³/mol. The summed E-state index contributed by atoms with van der Waals surface area (Å²) < 4.78 is 7.04. The van der Waals surface area contributed by atoms with E-state index in [4.69, 9.17) is 9.72 Å². The van der Waals surface area contributed by atoms with Gasteiger partial charge in [-0.1, -0.05) is 23.5 Å². The second kappa shape index (κ2) is 6.30. The average Bonchev–Trinajstić information content (AvgIpc) is 2.87. The van der Waals surface area contributed by atoms with Gasteiger partial charge in [-0.05, 0) is 26.0 Å². The molecule has 2 atom stereocenters. The molecule has 5 heteroatoms. The summed E-state index contributed by atoms with van der Waals surface area (Å²) in [7, 11) is 2.13. The third kappa shape index (κ3) is 3.54. The maximum atomic E-state index is 5.78. The average molecular weight is 305 g/mol. The van der Waals surface area contributed by atoms with E-state index in [1.807, 2.05) is 6.07 Å². The highest BCUT2D eigenvalue weighted by Crippen LogP contribution is 2.27. The fourth-order valence-electron chi connectivity index (χ4n) is 2.88. The molecule has 21 heavy (non-hydrogen) atoms. The smallest absolute Gasteiger partial charge is 0.186 e. The summed E-state index contributed by atoms with van der Waals surface area (Å²) in [5.41, 5.74) is 1.10. The van der Waals surface area contributed by atoms with E-state index in [0.29, 0.717) is 12.2 Å². The summed E-state index contributed by atoms with van der Waals surface area (Å²) in [4.78, 5) is 9.46. The summed E-state index contributed by atoms with van der Waals surface area (Å²) in [6.45, 7) is 8.42. The molecule has 2 heterocycles. The number of aromatic nitrogens is 1. The first-order chi connectivity index (χ1) is 10.1. The van der Waals surface area contributed by atoms with Crippen LogP contribution in [0, 0.1) is 0 Å². The van der Waals surface area contributed by atoms with Crippen LogP contribution in [-0.2, 0) is 4.74 Å². The van der Waals surface area contributed by atoms with Gasteiger partial charge in [-0.15, -0.1) is 0 Å². The van der Waals surface area contributed by atoms with Gasteiger partial charge in [0.05, 0.1) is 22.4 Å². The van der Waals surface area contributed by atoms with Gasteiger partial charge in [-0.25, -0.2) is 4.98 Å². The molecule has 0 saturated carbocycles. The molecule has 1 aromatic heterocycles. The van der Waals surface area contributed by atoms with E-state index in [2.05, 4.69) is 48.9 Å². The van der Waals surface area contributed by atoms with Crippen molar-refractivity contribution < 1.29 is 4.74 Å². The van der Waals surface area contributed by atoms with E-state index in [-0.39, 0.29) is 0 Å². The number of anilines is 1. The van der Waals surface area contributed by atoms with Crippen molar-refractivity contribution in [1.82, 2.24) is 9.88 Å². The van der Waals surface area contributed by atoms with E-state index in [1.54, 1.807) is 11.3 Å². The highest BCUT2D eigenvalue weighted by atomic mass is 32.1. The Kier molecular flexibility index (Phi) is 4.42. The Hall–Kier alpha value is -1.17. The van der Waals surface area contributed by atoms with Crippen LogP contribution >= 0.6 is 11.3 Å². The molecule has 0 spiro atoms. The van der Waals surface area contributed by atoms with Crippen LogP contribution in [0.15, 0.2) is 24.3 Å². The predicted octanol–water partition coefficient (Wildman–Crippen LogP) is 2.84. The Morgan fingerprint density at radius 2 is 2.00 bits per heavy atom. The fourth-order valence-corrected chi connectivity index (χ4v) is 3.83. The molecule has 3 rings (SSSR count). The van der Waals surface area contributed by atoms with Crippen LogP contribution in [0.25, 0.3) is 10.2 Å². The first kappa shape index (κ1) is 14.8. The lowest BCUT2D eigenvalue weighted by molar-refractivity contribution is -0.0670. The Morgan fingerprint density at radius 1 is 1.29 bits per heavy atom. The van der Waals surface area contributed by atoms with E-state index in [9.17, 15) is 0 Å². The number of nitrogens with zero attached hydrogens (tertiary/aromatic N) is 3. The molecule has 0 bridgehead atoms. The Labute approximate surface area is 130 Å². The van der Waals surface area contributed by atoms with Gasteiger partial charge in [0.1, 0.15) is 0 Å². The molecule has 2 aromatic rings. The van der Waals surface area contributed by atoms with Crippen LogP contribution in [0.4, 0.5) is 5.13 Å². The quantitative estimate of drug-likeness (QED) is 0.868. The molecule has 0 unspecified atom stereocenters. The van der Waals surface area contributed by atoms with Crippen molar-refractivity contribution >= 4 is 26.7 Å². The highest BCUT2D eigenvalue weighted by Gasteiger charge is 2.22. The van der Waals surface area contributed by atoms with Crippen LogP contribution < -0.4 is 4.90 Å². The van der Waals surface area contributed by atoms with Gasteiger partial charge >= 0.3 is 0 Å². The van der Waals surface area contributed by atoms with Crippen LogP contribution in [0.3, 0.4) is 0 Å². The van der Waals surface area contributed by atoms with Gasteiger partial charge in [0, 0.05) is 33.2 Å². The van der Waals surface area contributed by atoms with Crippen molar-refractivity contribution in [3.05, 3.63) is 24.3 Å². The number of thiazole rings is 1. The lowest BCUT2D eigenvalue weighted by Crippen LogP contribution is -2.47. The zero-order chi connectivity index (χ0) is 14.8. The van der Waals surface area contributed by atoms with Crippen LogP contribution in [0.2, 0.25) is 0 Å². The summed E-state index contributed by atoms with van der Waals surface area (Å²) in [5.74, 6) is 0. The standard InChI is InChI=1S/C16H23N3OS/c1-12-10-19(11-13(2)20-12)9-8-18(3)16-17-14-6-4-5-7-15(14)21-16/h4-7,12-13H,8-11H2,1-3H3/t12-,13+. The van der Waals surface area contributed by atoms with Crippen molar-refractivity contribution in [3.8, 4) is 0 Å². The normalized spacial score (nSPS) is 23.6. The van der Waals surface area contributed by atoms with Gasteiger partial charge in [-0.3, -0.25) is 4.90 Å². The van der Waals surface area contributed by atoms with Crippen molar-refractivity contribution in [2.24, 2.45) is 0 Å². The molecule has 114 valence electrons. The SMILES string of the molecule is C[C@@H]1CN(CCN(C)c2nc3ccccc3s2)C[C@H](C)O1. The topological polar surface area (TPSA) is 28.6 Å². The molecular weight excluding hydrogens is 282 g/mol. The monoisotopic (exact) mass is 305 g/mol. The molecule has 1 aromatic carbocycles. The minimum atomic E-state index is 0.335. The third-order valence-corrected chi connectivity index (χ3v) is 5.01. The lowest BCUT2D eigenvalue weighted by atomic mass is 10.2. The first-order valence-corrected chi connectivity index (χ1v) is 8.38. The van der Waals surface area contributed by atoms with Crippen LogP contribution in [0.5, 0.6) is 0 Å². The highest BCUT2D eigenvalue weighted by molar-refractivity contribution is 7.22. The number of morpholine rings is 1. The molecular formula is C16H23N3OS. The van der Waals surface area contributed by atoms with Crippen molar-refractivity contribution in [3.63, 3.8) is 0 Å². The molecule has 1 aliphatic heterocycles. The molecule has 0 aliphatic carbocycles. The van der Waals surface area contributed by atoms with E-state index < -0.39 is 0 Å². The number of para-hydroxylation sites is 1. The van der Waals surface area contributed by atoms with Gasteiger partial charge in [0.15, 0.2) is 5.13 Å². The van der Waals surface area contributed by atoms with Crippen LogP contribution in [0.1, 0.15) is 13.8 Å². The molecule has 0 N–H and O–H groups in total. The Morgan fingerprint density at radius 3 is 2.71 bits per heavy atom. The van der Waals surface area contributed by atoms with E-state index in [1.165, 1.54) is 4.70 Å². The van der Waals surface area contributed by atoms with Crippen LogP contribution in [-0.4, -0.2) is 55.3 Å². The van der Waals surface area contributed by atoms with Crippen molar-refractivity contribution in [2.45, 2.75) is 26.1 Å². The molecule has 1 aliphatic rings. The van der Waals surface area contributed by atoms with E-state index in [0.717, 1.165) is 36.8 Å². The maximum Gasteiger partial charge on any atom is 0.186 e. The summed E-state index contributed by atoms with van der Waals surface area (Å²) >= 11 is 1.76. The molecule has 1 saturated heterocycles. The molecule has 0 radical (unpaired) electrons. The number of benzene rings is 1. The summed E-state index contributed by atoms with van der Waals surface area (Å²) in [6, 6.07) is 8.33. The summed E-state index contributed by atoms with van der Waals surface area (Å²) in [6.07, 6.45) is 0.669. The van der Waals surface area contributed by atoms with Crippen molar-refractivity contribution in [1.29, 1.82) is 0 Å². The third-order valence-electron chi connectivity index (χ3n) is 3.86. The second-order valence-electron chi connectivity index (χ2n) is 5.90. The Balaban J connectivity index is 1.59.